The van der Waals surface area contributed by atoms with Crippen molar-refractivity contribution in [2.45, 2.75) is 38.6 Å². The van der Waals surface area contributed by atoms with Crippen LogP contribution in [0, 0.1) is 11.3 Å². The second-order valence-electron chi connectivity index (χ2n) is 4.15. The Kier molecular flexibility index (Phi) is 3.14. The number of ether oxygens (including phenoxy) is 1. The molecule has 1 atom stereocenters. The lowest BCUT2D eigenvalue weighted by Gasteiger charge is -2.20. The van der Waals surface area contributed by atoms with Crippen LogP contribution in [0.2, 0.25) is 0 Å². The fraction of sp³-hybridized carbons (Fsp3) is 0.667. The molecule has 1 fully saturated rings. The molecule has 0 saturated carbocycles. The highest BCUT2D eigenvalue weighted by molar-refractivity contribution is 5.89. The van der Waals surface area contributed by atoms with Gasteiger partial charge in [-0.3, -0.25) is 0 Å². The van der Waals surface area contributed by atoms with E-state index in [4.69, 9.17) is 10.00 Å². The molecule has 0 bridgehead atoms. The number of carbonyl (C=O) groups is 1. The van der Waals surface area contributed by atoms with E-state index in [1.165, 1.54) is 0 Å². The van der Waals surface area contributed by atoms with Gasteiger partial charge in [0.15, 0.2) is 0 Å². The highest BCUT2D eigenvalue weighted by Crippen LogP contribution is 2.34. The molecule has 4 heteroatoms. The first-order valence-corrected chi connectivity index (χ1v) is 5.83. The molecule has 1 unspecified atom stereocenters. The Hall–Kier alpha value is -1.50. The van der Waals surface area contributed by atoms with Crippen LogP contribution >= 0.6 is 0 Å². The molecule has 0 aromatic rings. The van der Waals surface area contributed by atoms with Crippen LogP contribution in [0.3, 0.4) is 0 Å². The van der Waals surface area contributed by atoms with E-state index in [2.05, 4.69) is 6.07 Å². The largest absolute Gasteiger partial charge is 0.463 e. The Morgan fingerprint density at radius 1 is 1.56 bits per heavy atom. The zero-order chi connectivity index (χ0) is 11.5. The number of carbonyl (C=O) groups excluding carboxylic acids is 1. The van der Waals surface area contributed by atoms with Crippen molar-refractivity contribution in [1.29, 1.82) is 5.26 Å². The summed E-state index contributed by atoms with van der Waals surface area (Å²) in [7, 11) is 0. The standard InChI is InChI=1S/C12H16N2O2/c1-2-16-12(15)10-5-3-4-6-11(10)14-8-9(14)7-13/h9H,2-6,8H2,1H3. The minimum absolute atomic E-state index is 0.0162. The van der Waals surface area contributed by atoms with Gasteiger partial charge in [-0.05, 0) is 32.6 Å². The van der Waals surface area contributed by atoms with Crippen LogP contribution in [0.1, 0.15) is 32.6 Å². The number of hydrogen-bond acceptors (Lipinski definition) is 4. The molecule has 1 saturated heterocycles. The summed E-state index contributed by atoms with van der Waals surface area (Å²) >= 11 is 0. The Bertz CT molecular complexity index is 368. The average molecular weight is 220 g/mol. The molecule has 0 spiro atoms. The number of esters is 1. The molecule has 2 aliphatic rings. The summed E-state index contributed by atoms with van der Waals surface area (Å²) in [5.74, 6) is -0.194. The second-order valence-corrected chi connectivity index (χ2v) is 4.15. The molecule has 0 aromatic heterocycles. The highest BCUT2D eigenvalue weighted by Gasteiger charge is 2.38. The summed E-state index contributed by atoms with van der Waals surface area (Å²) < 4.78 is 5.05. The normalized spacial score (nSPS) is 24.0. The molecule has 86 valence electrons. The Labute approximate surface area is 95.5 Å². The van der Waals surface area contributed by atoms with Crippen LogP contribution in [0.15, 0.2) is 11.3 Å². The average Bonchev–Trinajstić information content (AvgIpc) is 3.08. The van der Waals surface area contributed by atoms with Crippen LogP contribution in [-0.2, 0) is 9.53 Å². The van der Waals surface area contributed by atoms with Crippen molar-refractivity contribution in [3.8, 4) is 6.07 Å². The minimum Gasteiger partial charge on any atom is -0.463 e. The van der Waals surface area contributed by atoms with Gasteiger partial charge >= 0.3 is 5.97 Å². The molecule has 0 N–H and O–H groups in total. The van der Waals surface area contributed by atoms with E-state index in [0.717, 1.165) is 43.5 Å². The van der Waals surface area contributed by atoms with Crippen LogP contribution in [0.5, 0.6) is 0 Å². The number of rotatable bonds is 3. The van der Waals surface area contributed by atoms with E-state index in [1.54, 1.807) is 0 Å². The van der Waals surface area contributed by atoms with Crippen LogP contribution < -0.4 is 0 Å². The van der Waals surface area contributed by atoms with Crippen molar-refractivity contribution in [1.82, 2.24) is 4.90 Å². The predicted octanol–water partition coefficient (Wildman–Crippen LogP) is 1.59. The van der Waals surface area contributed by atoms with Gasteiger partial charge in [0.05, 0.1) is 24.8 Å². The van der Waals surface area contributed by atoms with E-state index in [0.29, 0.717) is 6.61 Å². The third kappa shape index (κ3) is 2.04. The lowest BCUT2D eigenvalue weighted by molar-refractivity contribution is -0.138. The topological polar surface area (TPSA) is 53.1 Å². The van der Waals surface area contributed by atoms with Gasteiger partial charge in [-0.15, -0.1) is 0 Å². The fourth-order valence-corrected chi connectivity index (χ4v) is 2.19. The van der Waals surface area contributed by atoms with E-state index < -0.39 is 0 Å². The highest BCUT2D eigenvalue weighted by atomic mass is 16.5. The van der Waals surface area contributed by atoms with Crippen LogP contribution in [0.4, 0.5) is 0 Å². The first-order chi connectivity index (χ1) is 7.77. The fourth-order valence-electron chi connectivity index (χ4n) is 2.19. The van der Waals surface area contributed by atoms with Crippen molar-refractivity contribution < 1.29 is 9.53 Å². The van der Waals surface area contributed by atoms with E-state index >= 15 is 0 Å². The van der Waals surface area contributed by atoms with Crippen LogP contribution in [0.25, 0.3) is 0 Å². The summed E-state index contributed by atoms with van der Waals surface area (Å²) in [6.07, 6.45) is 3.85. The molecular formula is C12H16N2O2. The molecule has 2 rings (SSSR count). The maximum absolute atomic E-state index is 11.7. The minimum atomic E-state index is -0.194. The second kappa shape index (κ2) is 4.56. The maximum atomic E-state index is 11.7. The van der Waals surface area contributed by atoms with Gasteiger partial charge in [0.25, 0.3) is 0 Å². The Balaban J connectivity index is 2.16. The zero-order valence-corrected chi connectivity index (χ0v) is 9.53. The van der Waals surface area contributed by atoms with Crippen molar-refractivity contribution >= 4 is 5.97 Å². The van der Waals surface area contributed by atoms with Gasteiger partial charge in [0.2, 0.25) is 0 Å². The van der Waals surface area contributed by atoms with Crippen molar-refractivity contribution in [2.75, 3.05) is 13.2 Å². The summed E-state index contributed by atoms with van der Waals surface area (Å²) in [6.45, 7) is 3.00. The van der Waals surface area contributed by atoms with E-state index in [9.17, 15) is 4.79 Å². The third-order valence-corrected chi connectivity index (χ3v) is 3.07. The molecule has 16 heavy (non-hydrogen) atoms. The quantitative estimate of drug-likeness (QED) is 0.535. The molecule has 1 heterocycles. The molecule has 1 aliphatic heterocycles. The number of hydrogen-bond donors (Lipinski definition) is 0. The van der Waals surface area contributed by atoms with Crippen LogP contribution in [-0.4, -0.2) is 30.1 Å². The van der Waals surface area contributed by atoms with E-state index in [1.807, 2.05) is 11.8 Å². The Morgan fingerprint density at radius 2 is 2.31 bits per heavy atom. The monoisotopic (exact) mass is 220 g/mol. The van der Waals surface area contributed by atoms with E-state index in [-0.39, 0.29) is 12.0 Å². The van der Waals surface area contributed by atoms with Gasteiger partial charge in [-0.2, -0.15) is 5.26 Å². The summed E-state index contributed by atoms with van der Waals surface area (Å²) in [4.78, 5) is 13.8. The Morgan fingerprint density at radius 3 is 2.94 bits per heavy atom. The van der Waals surface area contributed by atoms with Gasteiger partial charge < -0.3 is 9.64 Å². The molecule has 0 aromatic carbocycles. The summed E-state index contributed by atoms with van der Waals surface area (Å²) in [6, 6.07) is 2.20. The van der Waals surface area contributed by atoms with Gasteiger partial charge in [0, 0.05) is 5.70 Å². The summed E-state index contributed by atoms with van der Waals surface area (Å²) in [5.41, 5.74) is 1.85. The third-order valence-electron chi connectivity index (χ3n) is 3.07. The van der Waals surface area contributed by atoms with Crippen molar-refractivity contribution in [2.24, 2.45) is 0 Å². The van der Waals surface area contributed by atoms with Gasteiger partial charge in [-0.1, -0.05) is 0 Å². The molecule has 0 amide bonds. The lowest BCUT2D eigenvalue weighted by Crippen LogP contribution is -2.17. The maximum Gasteiger partial charge on any atom is 0.335 e. The summed E-state index contributed by atoms with van der Waals surface area (Å²) in [5, 5.41) is 8.80. The number of nitrogens with zero attached hydrogens (tertiary/aromatic N) is 2. The smallest absolute Gasteiger partial charge is 0.335 e. The first-order valence-electron chi connectivity index (χ1n) is 5.83. The van der Waals surface area contributed by atoms with Gasteiger partial charge in [0.1, 0.15) is 6.04 Å². The lowest BCUT2D eigenvalue weighted by atomic mass is 9.96. The first kappa shape index (κ1) is 11.0. The molecule has 4 nitrogen and oxygen atoms in total. The van der Waals surface area contributed by atoms with Crippen molar-refractivity contribution in [3.05, 3.63) is 11.3 Å². The molecule has 1 aliphatic carbocycles. The molecule has 0 radical (unpaired) electrons. The molecular weight excluding hydrogens is 204 g/mol. The SMILES string of the molecule is CCOC(=O)C1=C(N2CC2C#N)CCCC1. The van der Waals surface area contributed by atoms with Gasteiger partial charge in [-0.25, -0.2) is 4.79 Å². The predicted molar refractivity (Wildman–Crippen MR) is 58.2 cm³/mol. The number of nitriles is 1. The van der Waals surface area contributed by atoms with Crippen molar-refractivity contribution in [3.63, 3.8) is 0 Å². The zero-order valence-electron chi connectivity index (χ0n) is 9.53. The number of allylic oxidation sites excluding steroid dienone is 1.